The second-order valence-electron chi connectivity index (χ2n) is 6.61. The highest BCUT2D eigenvalue weighted by molar-refractivity contribution is 6.33. The van der Waals surface area contributed by atoms with Crippen LogP contribution in [-0.4, -0.2) is 46.6 Å². The number of nitrogens with zero attached hydrogens (tertiary/aromatic N) is 3. The number of fused-ring (bicyclic) bond motifs is 1. The van der Waals surface area contributed by atoms with Crippen molar-refractivity contribution in [3.63, 3.8) is 0 Å². The van der Waals surface area contributed by atoms with Gasteiger partial charge in [-0.3, -0.25) is 4.79 Å². The quantitative estimate of drug-likeness (QED) is 0.515. The first-order valence-corrected chi connectivity index (χ1v) is 9.42. The van der Waals surface area contributed by atoms with Crippen molar-refractivity contribution in [2.24, 2.45) is 0 Å². The second-order valence-corrected chi connectivity index (χ2v) is 7.02. The van der Waals surface area contributed by atoms with Gasteiger partial charge in [0.15, 0.2) is 5.82 Å². The smallest absolute Gasteiger partial charge is 0.274 e. The Morgan fingerprint density at radius 2 is 2.07 bits per heavy atom. The number of methoxy groups -OCH3 is 1. The van der Waals surface area contributed by atoms with Gasteiger partial charge in [0.25, 0.3) is 11.8 Å². The van der Waals surface area contributed by atoms with E-state index in [4.69, 9.17) is 20.9 Å². The van der Waals surface area contributed by atoms with Gasteiger partial charge in [0.05, 0.1) is 17.7 Å². The maximum Gasteiger partial charge on any atom is 0.274 e. The molecule has 4 rings (SSSR count). The molecule has 0 atom stereocenters. The Hall–Kier alpha value is -3.32. The number of hydrogen-bond donors (Lipinski definition) is 1. The van der Waals surface area contributed by atoms with Gasteiger partial charge in [-0.2, -0.15) is 4.98 Å². The topological polar surface area (TPSA) is 84.2 Å². The minimum atomic E-state index is -0.149. The molecule has 7 nitrogen and oxygen atoms in total. The van der Waals surface area contributed by atoms with Crippen molar-refractivity contribution in [1.82, 2.24) is 20.0 Å². The molecule has 0 bridgehead atoms. The first-order valence-electron chi connectivity index (χ1n) is 9.05. The molecule has 2 aromatic heterocycles. The summed E-state index contributed by atoms with van der Waals surface area (Å²) in [5.74, 6) is 1.54. The van der Waals surface area contributed by atoms with Crippen LogP contribution in [0.5, 0.6) is 5.75 Å². The van der Waals surface area contributed by atoms with Gasteiger partial charge in [0.2, 0.25) is 0 Å². The summed E-state index contributed by atoms with van der Waals surface area (Å²) in [5, 5.41) is 5.47. The molecule has 0 radical (unpaired) electrons. The fourth-order valence-electron chi connectivity index (χ4n) is 3.02. The number of aromatic amines is 1. The fraction of sp³-hybridized carbons (Fsp3) is 0.190. The van der Waals surface area contributed by atoms with Crippen molar-refractivity contribution < 1.29 is 14.1 Å². The summed E-state index contributed by atoms with van der Waals surface area (Å²) in [6.07, 6.45) is 0.463. The van der Waals surface area contributed by atoms with Crippen molar-refractivity contribution in [1.29, 1.82) is 0 Å². The van der Waals surface area contributed by atoms with Crippen molar-refractivity contribution in [2.45, 2.75) is 6.42 Å². The number of halogens is 1. The van der Waals surface area contributed by atoms with Gasteiger partial charge in [0.1, 0.15) is 11.4 Å². The molecule has 0 aliphatic rings. The summed E-state index contributed by atoms with van der Waals surface area (Å²) in [5.41, 5.74) is 2.12. The van der Waals surface area contributed by atoms with Crippen LogP contribution in [0.25, 0.3) is 22.5 Å². The Balaban J connectivity index is 1.44. The number of amides is 1. The summed E-state index contributed by atoms with van der Waals surface area (Å²) < 4.78 is 10.6. The SMILES string of the molecule is COc1ccc2cc(-c3nc(CCN(C)C(=O)c4ccccc4Cl)no3)[nH]c2c1. The van der Waals surface area contributed by atoms with Crippen LogP contribution in [0.15, 0.2) is 53.1 Å². The lowest BCUT2D eigenvalue weighted by Gasteiger charge is -2.16. The summed E-state index contributed by atoms with van der Waals surface area (Å²) in [6, 6.07) is 14.7. The number of H-pyrrole nitrogens is 1. The largest absolute Gasteiger partial charge is 0.497 e. The molecule has 148 valence electrons. The average molecular weight is 411 g/mol. The molecule has 2 heterocycles. The van der Waals surface area contributed by atoms with E-state index in [0.717, 1.165) is 22.3 Å². The number of benzene rings is 2. The monoisotopic (exact) mass is 410 g/mol. The van der Waals surface area contributed by atoms with Crippen LogP contribution in [-0.2, 0) is 6.42 Å². The van der Waals surface area contributed by atoms with E-state index in [1.54, 1.807) is 43.3 Å². The summed E-state index contributed by atoms with van der Waals surface area (Å²) >= 11 is 6.11. The van der Waals surface area contributed by atoms with E-state index in [1.807, 2.05) is 24.3 Å². The molecule has 0 aliphatic carbocycles. The summed E-state index contributed by atoms with van der Waals surface area (Å²) in [4.78, 5) is 21.8. The predicted octanol–water partition coefficient (Wildman–Crippen LogP) is 4.19. The first kappa shape index (κ1) is 19.0. The van der Waals surface area contributed by atoms with Gasteiger partial charge >= 0.3 is 0 Å². The van der Waals surface area contributed by atoms with Crippen LogP contribution in [0, 0.1) is 0 Å². The Labute approximate surface area is 172 Å². The normalized spacial score (nSPS) is 11.0. The van der Waals surface area contributed by atoms with Crippen molar-refractivity contribution in [2.75, 3.05) is 20.7 Å². The molecular weight excluding hydrogens is 392 g/mol. The van der Waals surface area contributed by atoms with Crippen LogP contribution in [0.2, 0.25) is 5.02 Å². The van der Waals surface area contributed by atoms with Crippen LogP contribution in [0.1, 0.15) is 16.2 Å². The van der Waals surface area contributed by atoms with E-state index >= 15 is 0 Å². The molecule has 8 heteroatoms. The molecule has 29 heavy (non-hydrogen) atoms. The molecule has 0 spiro atoms. The van der Waals surface area contributed by atoms with E-state index < -0.39 is 0 Å². The molecule has 0 unspecified atom stereocenters. The first-order chi connectivity index (χ1) is 14.0. The van der Waals surface area contributed by atoms with Crippen LogP contribution >= 0.6 is 11.6 Å². The summed E-state index contributed by atoms with van der Waals surface area (Å²) in [6.45, 7) is 0.437. The maximum absolute atomic E-state index is 12.5. The molecule has 2 aromatic carbocycles. The number of hydrogen-bond acceptors (Lipinski definition) is 5. The van der Waals surface area contributed by atoms with E-state index in [-0.39, 0.29) is 5.91 Å². The molecular formula is C21H19ClN4O3. The van der Waals surface area contributed by atoms with E-state index in [2.05, 4.69) is 15.1 Å². The molecule has 0 saturated carbocycles. The third-order valence-electron chi connectivity index (χ3n) is 4.65. The highest BCUT2D eigenvalue weighted by atomic mass is 35.5. The minimum absolute atomic E-state index is 0.149. The second kappa shape index (κ2) is 7.97. The third kappa shape index (κ3) is 3.95. The number of carbonyl (C=O) groups excluding carboxylic acids is 1. The highest BCUT2D eigenvalue weighted by Crippen LogP contribution is 2.26. The molecule has 0 fully saturated rings. The molecule has 0 saturated heterocycles. The van der Waals surface area contributed by atoms with Gasteiger partial charge in [-0.05, 0) is 30.3 Å². The fourth-order valence-corrected chi connectivity index (χ4v) is 3.24. The Bertz CT molecular complexity index is 1170. The molecule has 1 amide bonds. The zero-order valence-electron chi connectivity index (χ0n) is 16.0. The van der Waals surface area contributed by atoms with E-state index in [0.29, 0.717) is 35.3 Å². The Kier molecular flexibility index (Phi) is 5.22. The van der Waals surface area contributed by atoms with Gasteiger partial charge in [-0.1, -0.05) is 28.9 Å². The number of likely N-dealkylation sites (N-methyl/N-ethyl adjacent to an activating group) is 1. The third-order valence-corrected chi connectivity index (χ3v) is 4.98. The zero-order chi connectivity index (χ0) is 20.4. The molecule has 4 aromatic rings. The predicted molar refractivity (Wildman–Crippen MR) is 110 cm³/mol. The van der Waals surface area contributed by atoms with Crippen LogP contribution in [0.4, 0.5) is 0 Å². The average Bonchev–Trinajstić information content (AvgIpc) is 3.38. The molecule has 0 aliphatic heterocycles. The number of aromatic nitrogens is 3. The van der Waals surface area contributed by atoms with Crippen molar-refractivity contribution in [3.05, 3.63) is 64.9 Å². The number of nitrogens with one attached hydrogen (secondary N) is 1. The highest BCUT2D eigenvalue weighted by Gasteiger charge is 2.17. The number of carbonyl (C=O) groups is 1. The Morgan fingerprint density at radius 3 is 2.86 bits per heavy atom. The van der Waals surface area contributed by atoms with Crippen molar-refractivity contribution in [3.8, 4) is 17.3 Å². The lowest BCUT2D eigenvalue weighted by molar-refractivity contribution is 0.0796. The Morgan fingerprint density at radius 1 is 1.24 bits per heavy atom. The van der Waals surface area contributed by atoms with Crippen LogP contribution in [0.3, 0.4) is 0 Å². The minimum Gasteiger partial charge on any atom is -0.497 e. The van der Waals surface area contributed by atoms with E-state index in [9.17, 15) is 4.79 Å². The van der Waals surface area contributed by atoms with Gasteiger partial charge in [-0.25, -0.2) is 0 Å². The van der Waals surface area contributed by atoms with Gasteiger partial charge in [-0.15, -0.1) is 0 Å². The van der Waals surface area contributed by atoms with E-state index in [1.165, 1.54) is 0 Å². The van der Waals surface area contributed by atoms with Crippen molar-refractivity contribution >= 4 is 28.4 Å². The van der Waals surface area contributed by atoms with Gasteiger partial charge < -0.3 is 19.1 Å². The molecule has 1 N–H and O–H groups in total. The van der Waals surface area contributed by atoms with Crippen LogP contribution < -0.4 is 4.74 Å². The lowest BCUT2D eigenvalue weighted by Crippen LogP contribution is -2.29. The number of rotatable bonds is 6. The summed E-state index contributed by atoms with van der Waals surface area (Å²) in [7, 11) is 3.35. The van der Waals surface area contributed by atoms with Gasteiger partial charge in [0, 0.05) is 37.0 Å². The zero-order valence-corrected chi connectivity index (χ0v) is 16.7. The lowest BCUT2D eigenvalue weighted by atomic mass is 10.2. The maximum atomic E-state index is 12.5. The standard InChI is InChI=1S/C21H19ClN4O3/c1-26(21(27)15-5-3-4-6-16(15)22)10-9-19-24-20(29-25-19)18-11-13-7-8-14(28-2)12-17(13)23-18/h3-8,11-12,23H,9-10H2,1-2H3. The number of ether oxygens (including phenoxy) is 1.